The Morgan fingerprint density at radius 3 is 2.40 bits per heavy atom. The van der Waals surface area contributed by atoms with Crippen LogP contribution in [-0.2, 0) is 14.9 Å². The lowest BCUT2D eigenvalue weighted by atomic mass is 9.73. The normalized spacial score (nSPS) is 24.2. The quantitative estimate of drug-likeness (QED) is 0.231. The number of piperidine rings is 2. The molecule has 3 saturated heterocycles. The van der Waals surface area contributed by atoms with E-state index < -0.39 is 17.2 Å². The molecule has 1 aromatic carbocycles. The van der Waals surface area contributed by atoms with Crippen LogP contribution in [0, 0.1) is 11.8 Å². The summed E-state index contributed by atoms with van der Waals surface area (Å²) in [4.78, 5) is 35.2. The Hall–Kier alpha value is -4.00. The third-order valence-electron chi connectivity index (χ3n) is 12.0. The Morgan fingerprint density at radius 2 is 1.68 bits per heavy atom. The first-order valence-electron chi connectivity index (χ1n) is 18.3. The zero-order valence-electron chi connectivity index (χ0n) is 28.7. The predicted molar refractivity (Wildman–Crippen MR) is 188 cm³/mol. The molecule has 7 heterocycles. The SMILES string of the molecule is CC(C)n1cnc2cc(-c3ccc4c(c3)N(C3CC(N5CCCCC5)C3)C(=O)C43CCN(C4COC4)CC3)nc(Nc3cc(F)ncc3F)c21. The van der Waals surface area contributed by atoms with E-state index >= 15 is 0 Å². The molecule has 4 aromatic rings. The van der Waals surface area contributed by atoms with Gasteiger partial charge in [-0.15, -0.1) is 0 Å². The number of imidazole rings is 1. The minimum Gasteiger partial charge on any atom is -0.378 e. The van der Waals surface area contributed by atoms with Crippen LogP contribution in [0.1, 0.15) is 70.4 Å². The van der Waals surface area contributed by atoms with Gasteiger partial charge in [-0.3, -0.25) is 9.69 Å². The van der Waals surface area contributed by atoms with Gasteiger partial charge in [-0.05, 0) is 96.2 Å². The number of nitrogens with zero attached hydrogens (tertiary/aromatic N) is 7. The van der Waals surface area contributed by atoms with E-state index in [1.807, 2.05) is 24.5 Å². The number of pyridine rings is 2. The van der Waals surface area contributed by atoms with Gasteiger partial charge in [-0.1, -0.05) is 18.6 Å². The van der Waals surface area contributed by atoms with Crippen LogP contribution in [-0.4, -0.2) is 92.7 Å². The smallest absolute Gasteiger partial charge is 0.238 e. The number of ether oxygens (including phenoxy) is 1. The fourth-order valence-corrected chi connectivity index (χ4v) is 8.98. The fraction of sp³-hybridized carbons (Fsp3) is 0.526. The number of halogens is 2. The molecule has 10 nitrogen and oxygen atoms in total. The molecule has 1 saturated carbocycles. The highest BCUT2D eigenvalue weighted by molar-refractivity contribution is 6.09. The molecular formula is C38H44F2N8O2. The molecule has 12 heteroatoms. The Labute approximate surface area is 290 Å². The molecule has 0 radical (unpaired) electrons. The number of rotatable bonds is 7. The molecule has 4 aliphatic heterocycles. The molecule has 0 unspecified atom stereocenters. The van der Waals surface area contributed by atoms with E-state index in [9.17, 15) is 13.6 Å². The first kappa shape index (κ1) is 31.9. The monoisotopic (exact) mass is 682 g/mol. The molecule has 1 amide bonds. The lowest BCUT2D eigenvalue weighted by Crippen LogP contribution is -2.59. The Balaban J connectivity index is 1.10. The van der Waals surface area contributed by atoms with Crippen molar-refractivity contribution in [1.82, 2.24) is 29.3 Å². The third kappa shape index (κ3) is 5.21. The number of amides is 1. The summed E-state index contributed by atoms with van der Waals surface area (Å²) in [5.74, 6) is -0.860. The van der Waals surface area contributed by atoms with Crippen LogP contribution in [0.15, 0.2) is 42.9 Å². The van der Waals surface area contributed by atoms with Crippen LogP contribution in [0.5, 0.6) is 0 Å². The molecule has 50 heavy (non-hydrogen) atoms. The number of nitrogens with one attached hydrogen (secondary N) is 1. The summed E-state index contributed by atoms with van der Waals surface area (Å²) in [6.07, 6.45) is 10.0. The number of benzene rings is 1. The highest BCUT2D eigenvalue weighted by Crippen LogP contribution is 2.52. The predicted octanol–water partition coefficient (Wildman–Crippen LogP) is 6.19. The van der Waals surface area contributed by atoms with E-state index in [1.165, 1.54) is 19.3 Å². The van der Waals surface area contributed by atoms with Crippen LogP contribution < -0.4 is 10.2 Å². The topological polar surface area (TPSA) is 91.7 Å². The van der Waals surface area contributed by atoms with Gasteiger partial charge < -0.3 is 24.4 Å². The summed E-state index contributed by atoms with van der Waals surface area (Å²) in [6.45, 7) is 9.70. The van der Waals surface area contributed by atoms with E-state index in [0.717, 1.165) is 94.2 Å². The van der Waals surface area contributed by atoms with Crippen LogP contribution >= 0.6 is 0 Å². The Bertz CT molecular complexity index is 1940. The lowest BCUT2D eigenvalue weighted by Gasteiger charge is -2.48. The van der Waals surface area contributed by atoms with E-state index in [2.05, 4.69) is 43.2 Å². The zero-order valence-corrected chi connectivity index (χ0v) is 28.7. The first-order valence-corrected chi connectivity index (χ1v) is 18.3. The average molecular weight is 683 g/mol. The molecule has 0 atom stereocenters. The van der Waals surface area contributed by atoms with E-state index in [1.54, 1.807) is 6.33 Å². The van der Waals surface area contributed by atoms with E-state index in [-0.39, 0.29) is 23.7 Å². The minimum absolute atomic E-state index is 0.0549. The molecule has 3 aromatic heterocycles. The number of aromatic nitrogens is 4. The molecular weight excluding hydrogens is 638 g/mol. The number of carbonyl (C=O) groups is 1. The van der Waals surface area contributed by atoms with Crippen molar-refractivity contribution in [3.8, 4) is 11.3 Å². The molecule has 0 bridgehead atoms. The summed E-state index contributed by atoms with van der Waals surface area (Å²) >= 11 is 0. The van der Waals surface area contributed by atoms with E-state index in [0.29, 0.717) is 34.6 Å². The highest BCUT2D eigenvalue weighted by atomic mass is 19.1. The van der Waals surface area contributed by atoms with Crippen molar-refractivity contribution in [1.29, 1.82) is 0 Å². The number of likely N-dealkylation sites (tertiary alicyclic amines) is 2. The number of anilines is 3. The Kier molecular flexibility index (Phi) is 7.89. The summed E-state index contributed by atoms with van der Waals surface area (Å²) in [5.41, 5.74) is 4.38. The minimum atomic E-state index is -0.790. The van der Waals surface area contributed by atoms with Gasteiger partial charge in [0.1, 0.15) is 5.52 Å². The molecule has 4 fully saturated rings. The fourth-order valence-electron chi connectivity index (χ4n) is 8.98. The number of hydrogen-bond donors (Lipinski definition) is 1. The van der Waals surface area contributed by atoms with Gasteiger partial charge in [0.2, 0.25) is 11.9 Å². The van der Waals surface area contributed by atoms with Gasteiger partial charge in [0.25, 0.3) is 0 Å². The van der Waals surface area contributed by atoms with Crippen LogP contribution in [0.2, 0.25) is 0 Å². The number of hydrogen-bond acceptors (Lipinski definition) is 8. The van der Waals surface area contributed by atoms with Gasteiger partial charge in [0, 0.05) is 35.4 Å². The van der Waals surface area contributed by atoms with Gasteiger partial charge in [-0.2, -0.15) is 4.39 Å². The summed E-state index contributed by atoms with van der Waals surface area (Å²) in [7, 11) is 0. The summed E-state index contributed by atoms with van der Waals surface area (Å²) in [6, 6.07) is 10.5. The third-order valence-corrected chi connectivity index (χ3v) is 12.0. The lowest BCUT2D eigenvalue weighted by molar-refractivity contribution is -0.128. The van der Waals surface area contributed by atoms with E-state index in [4.69, 9.17) is 14.7 Å². The van der Waals surface area contributed by atoms with Crippen molar-refractivity contribution in [3.63, 3.8) is 0 Å². The maximum atomic E-state index is 14.8. The standard InChI is InChI=1S/C38H44F2N8O2/c1-23(2)47-22-42-32-17-30(43-36(35(32)47)44-31-18-34(40)41-19-29(31)39)24-6-7-28-33(14-24)48(26-15-25(16-26)45-10-4-3-5-11-45)37(49)38(28)8-12-46(13-9-38)27-20-50-21-27/h6-7,14,17-19,22-23,25-27H,3-5,8-13,15-16,20-21H2,1-2H3,(H,41,43,44). The molecule has 9 rings (SSSR count). The second kappa shape index (κ2) is 12.3. The van der Waals surface area contributed by atoms with Crippen LogP contribution in [0.25, 0.3) is 22.3 Å². The largest absolute Gasteiger partial charge is 0.378 e. The van der Waals surface area contributed by atoms with Crippen molar-refractivity contribution in [2.45, 2.75) is 88.4 Å². The van der Waals surface area contributed by atoms with Gasteiger partial charge >= 0.3 is 0 Å². The first-order chi connectivity index (χ1) is 24.3. The second-order valence-corrected chi connectivity index (χ2v) is 15.2. The summed E-state index contributed by atoms with van der Waals surface area (Å²) in [5, 5.41) is 3.05. The maximum absolute atomic E-state index is 14.8. The number of fused-ring (bicyclic) bond motifs is 3. The summed E-state index contributed by atoms with van der Waals surface area (Å²) < 4.78 is 36.4. The van der Waals surface area contributed by atoms with Gasteiger partial charge in [-0.25, -0.2) is 19.3 Å². The number of carbonyl (C=O) groups excluding carboxylic acids is 1. The van der Waals surface area contributed by atoms with Crippen molar-refractivity contribution < 1.29 is 18.3 Å². The highest BCUT2D eigenvalue weighted by Gasteiger charge is 2.56. The van der Waals surface area contributed by atoms with Gasteiger partial charge in [0.05, 0.1) is 54.1 Å². The Morgan fingerprint density at radius 1 is 0.920 bits per heavy atom. The molecule has 1 spiro atoms. The molecule has 1 aliphatic carbocycles. The van der Waals surface area contributed by atoms with Crippen molar-refractivity contribution >= 4 is 34.1 Å². The zero-order chi connectivity index (χ0) is 34.1. The molecule has 262 valence electrons. The molecule has 5 aliphatic rings. The van der Waals surface area contributed by atoms with Crippen LogP contribution in [0.3, 0.4) is 0 Å². The molecule has 1 N–H and O–H groups in total. The van der Waals surface area contributed by atoms with Crippen molar-refractivity contribution in [3.05, 3.63) is 60.2 Å². The maximum Gasteiger partial charge on any atom is 0.238 e. The second-order valence-electron chi connectivity index (χ2n) is 15.2. The van der Waals surface area contributed by atoms with Crippen molar-refractivity contribution in [2.75, 3.05) is 49.6 Å². The van der Waals surface area contributed by atoms with Crippen LogP contribution in [0.4, 0.5) is 26.0 Å². The van der Waals surface area contributed by atoms with Crippen molar-refractivity contribution in [2.24, 2.45) is 0 Å². The average Bonchev–Trinajstić information content (AvgIpc) is 3.61. The van der Waals surface area contributed by atoms with Gasteiger partial charge in [0.15, 0.2) is 11.6 Å².